The minimum Gasteiger partial charge on any atom is -0.236 e. The van der Waals surface area contributed by atoms with Crippen molar-refractivity contribution < 1.29 is 21.6 Å². The van der Waals surface area contributed by atoms with Gasteiger partial charge in [0.05, 0.1) is 0 Å². The van der Waals surface area contributed by atoms with Gasteiger partial charge in [0.15, 0.2) is 5.82 Å². The quantitative estimate of drug-likeness (QED) is 0.646. The van der Waals surface area contributed by atoms with E-state index in [2.05, 4.69) is 10.1 Å². The maximum Gasteiger partial charge on any atom is 0.281 e. The Morgan fingerprint density at radius 1 is 1.47 bits per heavy atom. The number of pyridine rings is 1. The molecule has 0 atom stereocenters. The van der Waals surface area contributed by atoms with Gasteiger partial charge in [-0.05, 0) is 28.7 Å². The molecule has 1 heterocycles. The van der Waals surface area contributed by atoms with Crippen LogP contribution in [0.25, 0.3) is 0 Å². The monoisotopic (exact) mass is 352 g/mol. The predicted octanol–water partition coefficient (Wildman–Crippen LogP) is 1.41. The van der Waals surface area contributed by atoms with Gasteiger partial charge in [0.1, 0.15) is 14.3 Å². The fourth-order valence-electron chi connectivity index (χ4n) is 0.847. The molecule has 0 aliphatic rings. The summed E-state index contributed by atoms with van der Waals surface area (Å²) in [5.41, 5.74) is -1.04. The fourth-order valence-corrected chi connectivity index (χ4v) is 1.96. The molecular weight excluding hydrogens is 348 g/mol. The molecule has 0 saturated carbocycles. The van der Waals surface area contributed by atoms with E-state index in [1.807, 2.05) is 0 Å². The summed E-state index contributed by atoms with van der Waals surface area (Å²) in [4.78, 5) is 2.15. The third kappa shape index (κ3) is 2.78. The molecule has 0 fully saturated rings. The van der Waals surface area contributed by atoms with E-state index in [4.69, 9.17) is 0 Å². The van der Waals surface area contributed by atoms with Crippen LogP contribution in [0.4, 0.5) is 13.2 Å². The zero-order valence-electron chi connectivity index (χ0n) is 6.92. The Morgan fingerprint density at radius 3 is 2.40 bits per heavy atom. The lowest BCUT2D eigenvalue weighted by Gasteiger charge is -2.06. The highest BCUT2D eigenvalue weighted by Crippen LogP contribution is 2.26. The van der Waals surface area contributed by atoms with Crippen molar-refractivity contribution in [2.75, 3.05) is 0 Å². The Morgan fingerprint density at radius 2 is 2.00 bits per heavy atom. The summed E-state index contributed by atoms with van der Waals surface area (Å²) in [5, 5.41) is 4.64. The van der Waals surface area contributed by atoms with Gasteiger partial charge in [-0.1, -0.05) is 0 Å². The summed E-state index contributed by atoms with van der Waals surface area (Å²) in [5.74, 6) is -1.01. The maximum atomic E-state index is 12.9. The molecule has 0 aliphatic carbocycles. The number of aromatic nitrogens is 1. The average Bonchev–Trinajstić information content (AvgIpc) is 2.06. The van der Waals surface area contributed by atoms with E-state index in [0.717, 1.165) is 0 Å². The van der Waals surface area contributed by atoms with Crippen molar-refractivity contribution in [2.24, 2.45) is 5.14 Å². The minimum absolute atomic E-state index is 0.338. The molecule has 0 aromatic carbocycles. The molecule has 84 valence electrons. The van der Waals surface area contributed by atoms with E-state index in [9.17, 15) is 21.6 Å². The van der Waals surface area contributed by atoms with Crippen LogP contribution in [0.1, 0.15) is 12.1 Å². The molecule has 15 heavy (non-hydrogen) atoms. The Balaban J connectivity index is 3.56. The number of halogens is 4. The van der Waals surface area contributed by atoms with Crippen molar-refractivity contribution in [2.45, 2.75) is 11.3 Å². The second-order valence-corrected chi connectivity index (χ2v) is 5.04. The van der Waals surface area contributed by atoms with Crippen molar-refractivity contribution in [1.82, 2.24) is 4.98 Å². The van der Waals surface area contributed by atoms with Crippen molar-refractivity contribution in [3.63, 3.8) is 0 Å². The van der Waals surface area contributed by atoms with Crippen molar-refractivity contribution >= 4 is 32.6 Å². The van der Waals surface area contributed by atoms with Gasteiger partial charge in [-0.25, -0.2) is 31.7 Å². The summed E-state index contributed by atoms with van der Waals surface area (Å²) in [7, 11) is -4.40. The predicted molar refractivity (Wildman–Crippen MR) is 53.2 cm³/mol. The van der Waals surface area contributed by atoms with E-state index in [0.29, 0.717) is 6.07 Å². The number of hydrogen-bond acceptors (Lipinski definition) is 3. The largest absolute Gasteiger partial charge is 0.281 e. The Bertz CT molecular complexity index is 491. The first-order valence-electron chi connectivity index (χ1n) is 3.40. The van der Waals surface area contributed by atoms with E-state index >= 15 is 0 Å². The van der Waals surface area contributed by atoms with Crippen LogP contribution in [0.5, 0.6) is 0 Å². The van der Waals surface area contributed by atoms with Gasteiger partial charge < -0.3 is 0 Å². The number of primary sulfonamides is 1. The molecule has 2 N–H and O–H groups in total. The molecule has 1 aromatic rings. The van der Waals surface area contributed by atoms with Crippen LogP contribution < -0.4 is 5.14 Å². The maximum absolute atomic E-state index is 12.9. The Hall–Kier alpha value is -0.420. The number of hydrogen-bond donors (Lipinski definition) is 1. The molecule has 0 saturated heterocycles. The molecule has 1 rings (SSSR count). The third-order valence-electron chi connectivity index (χ3n) is 1.44. The molecule has 0 amide bonds. The minimum atomic E-state index is -4.40. The lowest BCUT2D eigenvalue weighted by Crippen LogP contribution is -2.17. The average molecular weight is 352 g/mol. The van der Waals surface area contributed by atoms with Gasteiger partial charge in [-0.3, -0.25) is 0 Å². The van der Waals surface area contributed by atoms with Crippen LogP contribution in [0.2, 0.25) is 0 Å². The topological polar surface area (TPSA) is 73.1 Å². The van der Waals surface area contributed by atoms with Gasteiger partial charge in [0.2, 0.25) is 10.0 Å². The lowest BCUT2D eigenvalue weighted by molar-refractivity contribution is 0.141. The van der Waals surface area contributed by atoms with Crippen molar-refractivity contribution in [3.05, 3.63) is 21.3 Å². The highest BCUT2D eigenvalue weighted by molar-refractivity contribution is 14.1. The van der Waals surface area contributed by atoms with E-state index < -0.39 is 32.9 Å². The molecule has 0 unspecified atom stereocenters. The van der Waals surface area contributed by atoms with E-state index in [1.165, 1.54) is 22.6 Å². The van der Waals surface area contributed by atoms with Crippen LogP contribution in [-0.4, -0.2) is 13.4 Å². The van der Waals surface area contributed by atoms with Crippen LogP contribution >= 0.6 is 22.6 Å². The van der Waals surface area contributed by atoms with Crippen molar-refractivity contribution in [1.29, 1.82) is 0 Å². The number of rotatable bonds is 2. The standard InChI is InChI=1S/C6H4F3IN2O2S/c7-2-1-3(15(11,13)14)4(5(8)9)12-6(2)10/h1,5H,(H2,11,13,14). The second-order valence-electron chi connectivity index (χ2n) is 2.49. The van der Waals surface area contributed by atoms with Crippen LogP contribution in [0, 0.1) is 9.52 Å². The van der Waals surface area contributed by atoms with Gasteiger partial charge in [-0.2, -0.15) is 0 Å². The number of nitrogens with two attached hydrogens (primary N) is 1. The number of alkyl halides is 2. The first-order chi connectivity index (χ1) is 6.73. The fraction of sp³-hybridized carbons (Fsp3) is 0.167. The molecule has 0 bridgehead atoms. The van der Waals surface area contributed by atoms with Crippen LogP contribution in [0.3, 0.4) is 0 Å². The highest BCUT2D eigenvalue weighted by atomic mass is 127. The van der Waals surface area contributed by atoms with Crippen molar-refractivity contribution in [3.8, 4) is 0 Å². The third-order valence-corrected chi connectivity index (χ3v) is 3.14. The number of sulfonamides is 1. The molecular formula is C6H4F3IN2O2S. The molecule has 0 aliphatic heterocycles. The van der Waals surface area contributed by atoms with Gasteiger partial charge in [-0.15, -0.1) is 0 Å². The number of nitrogens with zero attached hydrogens (tertiary/aromatic N) is 1. The smallest absolute Gasteiger partial charge is 0.236 e. The molecule has 0 spiro atoms. The molecule has 1 aromatic heterocycles. The summed E-state index contributed by atoms with van der Waals surface area (Å²) in [6.07, 6.45) is -3.13. The second kappa shape index (κ2) is 4.22. The Labute approximate surface area is 96.9 Å². The van der Waals surface area contributed by atoms with Gasteiger partial charge >= 0.3 is 0 Å². The zero-order valence-corrected chi connectivity index (χ0v) is 9.89. The van der Waals surface area contributed by atoms with E-state index in [-0.39, 0.29) is 3.70 Å². The van der Waals surface area contributed by atoms with Crippen LogP contribution in [0.15, 0.2) is 11.0 Å². The summed E-state index contributed by atoms with van der Waals surface area (Å²) in [6.45, 7) is 0. The Kier molecular flexibility index (Phi) is 3.55. The van der Waals surface area contributed by atoms with Gasteiger partial charge in [0.25, 0.3) is 6.43 Å². The highest BCUT2D eigenvalue weighted by Gasteiger charge is 2.24. The normalized spacial score (nSPS) is 12.1. The first kappa shape index (κ1) is 12.6. The zero-order chi connectivity index (χ0) is 11.8. The summed E-state index contributed by atoms with van der Waals surface area (Å²) < 4.78 is 59.0. The molecule has 0 radical (unpaired) electrons. The van der Waals surface area contributed by atoms with E-state index in [1.54, 1.807) is 0 Å². The SMILES string of the molecule is NS(=O)(=O)c1cc(F)c(I)nc1C(F)F. The van der Waals surface area contributed by atoms with Crippen LogP contribution in [-0.2, 0) is 10.0 Å². The molecule has 4 nitrogen and oxygen atoms in total. The lowest BCUT2D eigenvalue weighted by atomic mass is 10.3. The van der Waals surface area contributed by atoms with Gasteiger partial charge in [0, 0.05) is 0 Å². The first-order valence-corrected chi connectivity index (χ1v) is 6.03. The summed E-state index contributed by atoms with van der Waals surface area (Å²) >= 11 is 1.37. The molecule has 9 heteroatoms. The summed E-state index contributed by atoms with van der Waals surface area (Å²) in [6, 6.07) is 0.436.